The van der Waals surface area contributed by atoms with E-state index in [4.69, 9.17) is 15.7 Å². The van der Waals surface area contributed by atoms with E-state index in [-0.39, 0.29) is 0 Å². The van der Waals surface area contributed by atoms with Crippen molar-refractivity contribution in [2.45, 2.75) is 13.3 Å². The van der Waals surface area contributed by atoms with Crippen molar-refractivity contribution in [2.75, 3.05) is 18.5 Å². The number of nitrogens with two attached hydrogens (primary N) is 1. The van der Waals surface area contributed by atoms with Crippen LogP contribution < -0.4 is 15.8 Å². The second-order valence-electron chi connectivity index (χ2n) is 5.11. The molecule has 0 aliphatic carbocycles. The molecule has 0 bridgehead atoms. The fourth-order valence-electron chi connectivity index (χ4n) is 2.21. The van der Waals surface area contributed by atoms with E-state index in [1.165, 1.54) is 0 Å². The molecule has 3 N–H and O–H groups in total. The van der Waals surface area contributed by atoms with Gasteiger partial charge in [0.15, 0.2) is 0 Å². The van der Waals surface area contributed by atoms with Crippen LogP contribution in [-0.4, -0.2) is 19.1 Å². The number of hydrogen-bond acceptors (Lipinski definition) is 4. The summed E-state index contributed by atoms with van der Waals surface area (Å²) >= 11 is 0. The summed E-state index contributed by atoms with van der Waals surface area (Å²) in [5, 5.41) is 12.0. The van der Waals surface area contributed by atoms with E-state index in [0.29, 0.717) is 17.7 Å². The first kappa shape index (κ1) is 16.4. The zero-order valence-electron chi connectivity index (χ0n) is 13.0. The third-order valence-corrected chi connectivity index (χ3v) is 3.49. The molecule has 1 amide bonds. The van der Waals surface area contributed by atoms with Crippen molar-refractivity contribution in [2.24, 2.45) is 5.73 Å². The lowest BCUT2D eigenvalue weighted by Crippen LogP contribution is -2.14. The highest BCUT2D eigenvalue weighted by atomic mass is 16.5. The minimum absolute atomic E-state index is 0.421. The number of anilines is 1. The number of rotatable bonds is 7. The van der Waals surface area contributed by atoms with Gasteiger partial charge in [-0.25, -0.2) is 0 Å². The van der Waals surface area contributed by atoms with Crippen LogP contribution in [0.2, 0.25) is 0 Å². The SMILES string of the molecule is Cc1c(NCCCOc2ccc(C#N)cc2)cccc1C(N)=O. The van der Waals surface area contributed by atoms with Crippen LogP contribution >= 0.6 is 0 Å². The predicted molar refractivity (Wildman–Crippen MR) is 89.5 cm³/mol. The summed E-state index contributed by atoms with van der Waals surface area (Å²) in [5.41, 5.74) is 8.24. The Morgan fingerprint density at radius 2 is 2.00 bits per heavy atom. The average molecular weight is 309 g/mol. The Hall–Kier alpha value is -3.00. The molecule has 0 aliphatic rings. The molecule has 2 aromatic carbocycles. The molecule has 2 aromatic rings. The number of primary amides is 1. The zero-order valence-corrected chi connectivity index (χ0v) is 13.0. The van der Waals surface area contributed by atoms with Crippen LogP contribution in [0.1, 0.15) is 27.9 Å². The Kier molecular flexibility index (Phi) is 5.59. The molecule has 5 heteroatoms. The monoisotopic (exact) mass is 309 g/mol. The van der Waals surface area contributed by atoms with Crippen molar-refractivity contribution in [3.05, 3.63) is 59.2 Å². The van der Waals surface area contributed by atoms with E-state index in [1.54, 1.807) is 30.3 Å². The molecule has 0 saturated heterocycles. The van der Waals surface area contributed by atoms with Crippen molar-refractivity contribution in [1.82, 2.24) is 0 Å². The summed E-state index contributed by atoms with van der Waals surface area (Å²) in [4.78, 5) is 11.3. The maximum absolute atomic E-state index is 11.3. The normalized spacial score (nSPS) is 9.91. The Morgan fingerprint density at radius 1 is 1.26 bits per heavy atom. The standard InChI is InChI=1S/C18H19N3O2/c1-13-16(18(20)22)4-2-5-17(13)21-10-3-11-23-15-8-6-14(12-19)7-9-15/h2,4-9,21H,3,10-11H2,1H3,(H2,20,22). The number of benzene rings is 2. The molecule has 0 unspecified atom stereocenters. The first-order valence-corrected chi connectivity index (χ1v) is 7.38. The predicted octanol–water partition coefficient (Wildman–Crippen LogP) is 2.85. The van der Waals surface area contributed by atoms with E-state index in [2.05, 4.69) is 11.4 Å². The number of ether oxygens (including phenoxy) is 1. The van der Waals surface area contributed by atoms with Gasteiger partial charge in [0, 0.05) is 17.8 Å². The Labute approximate surface area is 135 Å². The van der Waals surface area contributed by atoms with Crippen molar-refractivity contribution < 1.29 is 9.53 Å². The van der Waals surface area contributed by atoms with Crippen LogP contribution in [-0.2, 0) is 0 Å². The summed E-state index contributed by atoms with van der Waals surface area (Å²) in [7, 11) is 0. The fourth-order valence-corrected chi connectivity index (χ4v) is 2.21. The van der Waals surface area contributed by atoms with Gasteiger partial charge in [-0.3, -0.25) is 4.79 Å². The van der Waals surface area contributed by atoms with Gasteiger partial charge in [-0.1, -0.05) is 6.07 Å². The topological polar surface area (TPSA) is 88.1 Å². The van der Waals surface area contributed by atoms with E-state index in [9.17, 15) is 4.79 Å². The van der Waals surface area contributed by atoms with E-state index < -0.39 is 5.91 Å². The maximum Gasteiger partial charge on any atom is 0.249 e. The maximum atomic E-state index is 11.3. The van der Waals surface area contributed by atoms with Crippen LogP contribution in [0, 0.1) is 18.3 Å². The van der Waals surface area contributed by atoms with Crippen molar-refractivity contribution in [3.8, 4) is 11.8 Å². The van der Waals surface area contributed by atoms with Gasteiger partial charge in [0.25, 0.3) is 0 Å². The molecular weight excluding hydrogens is 290 g/mol. The Bertz CT molecular complexity index is 718. The minimum Gasteiger partial charge on any atom is -0.494 e. The van der Waals surface area contributed by atoms with E-state index in [1.807, 2.05) is 19.1 Å². The molecule has 0 spiro atoms. The van der Waals surface area contributed by atoms with E-state index in [0.717, 1.165) is 30.0 Å². The Balaban J connectivity index is 1.78. The molecular formula is C18H19N3O2. The summed E-state index contributed by atoms with van der Waals surface area (Å²) < 4.78 is 5.61. The molecule has 23 heavy (non-hydrogen) atoms. The summed E-state index contributed by atoms with van der Waals surface area (Å²) in [6.45, 7) is 3.16. The van der Waals surface area contributed by atoms with Crippen LogP contribution in [0.4, 0.5) is 5.69 Å². The largest absolute Gasteiger partial charge is 0.494 e. The number of amides is 1. The quantitative estimate of drug-likeness (QED) is 0.770. The lowest BCUT2D eigenvalue weighted by Gasteiger charge is -2.12. The molecule has 118 valence electrons. The molecule has 0 aromatic heterocycles. The third-order valence-electron chi connectivity index (χ3n) is 3.49. The summed E-state index contributed by atoms with van der Waals surface area (Å²) in [6.07, 6.45) is 0.806. The van der Waals surface area contributed by atoms with Gasteiger partial charge in [0.05, 0.1) is 18.2 Å². The highest BCUT2D eigenvalue weighted by molar-refractivity contribution is 5.95. The number of nitriles is 1. The lowest BCUT2D eigenvalue weighted by molar-refractivity contribution is 0.1000. The number of hydrogen-bond donors (Lipinski definition) is 2. The highest BCUT2D eigenvalue weighted by Gasteiger charge is 2.07. The van der Waals surface area contributed by atoms with E-state index >= 15 is 0 Å². The molecule has 0 saturated carbocycles. The van der Waals surface area contributed by atoms with Gasteiger partial charge < -0.3 is 15.8 Å². The van der Waals surface area contributed by atoms with Crippen LogP contribution in [0.3, 0.4) is 0 Å². The van der Waals surface area contributed by atoms with Gasteiger partial charge in [0.2, 0.25) is 5.91 Å². The van der Waals surface area contributed by atoms with Crippen LogP contribution in [0.15, 0.2) is 42.5 Å². The average Bonchev–Trinajstić information content (AvgIpc) is 2.56. The number of nitrogens with zero attached hydrogens (tertiary/aromatic N) is 1. The minimum atomic E-state index is -0.421. The van der Waals surface area contributed by atoms with Gasteiger partial charge >= 0.3 is 0 Å². The van der Waals surface area contributed by atoms with Crippen molar-refractivity contribution in [1.29, 1.82) is 5.26 Å². The molecule has 2 rings (SSSR count). The zero-order chi connectivity index (χ0) is 16.7. The summed E-state index contributed by atoms with van der Waals surface area (Å²) in [5.74, 6) is 0.325. The molecule has 0 atom stereocenters. The van der Waals surface area contributed by atoms with Gasteiger partial charge in [-0.15, -0.1) is 0 Å². The molecule has 5 nitrogen and oxygen atoms in total. The lowest BCUT2D eigenvalue weighted by atomic mass is 10.1. The van der Waals surface area contributed by atoms with Crippen LogP contribution in [0.25, 0.3) is 0 Å². The Morgan fingerprint density at radius 3 is 2.65 bits per heavy atom. The second kappa shape index (κ2) is 7.85. The molecule has 0 radical (unpaired) electrons. The first-order valence-electron chi connectivity index (χ1n) is 7.38. The summed E-state index contributed by atoms with van der Waals surface area (Å²) in [6, 6.07) is 14.5. The van der Waals surface area contributed by atoms with Crippen LogP contribution in [0.5, 0.6) is 5.75 Å². The highest BCUT2D eigenvalue weighted by Crippen LogP contribution is 2.18. The van der Waals surface area contributed by atoms with Crippen molar-refractivity contribution in [3.63, 3.8) is 0 Å². The molecule has 0 aliphatic heterocycles. The number of carbonyl (C=O) groups is 1. The number of carbonyl (C=O) groups excluding carboxylic acids is 1. The van der Waals surface area contributed by atoms with Gasteiger partial charge in [0.1, 0.15) is 5.75 Å². The van der Waals surface area contributed by atoms with Crippen molar-refractivity contribution >= 4 is 11.6 Å². The van der Waals surface area contributed by atoms with Gasteiger partial charge in [-0.2, -0.15) is 5.26 Å². The smallest absolute Gasteiger partial charge is 0.249 e. The third kappa shape index (κ3) is 4.48. The first-order chi connectivity index (χ1) is 11.1. The number of nitrogens with one attached hydrogen (secondary N) is 1. The molecule has 0 heterocycles. The fraction of sp³-hybridized carbons (Fsp3) is 0.222. The molecule has 0 fully saturated rings. The second-order valence-corrected chi connectivity index (χ2v) is 5.11. The van der Waals surface area contributed by atoms with Gasteiger partial charge in [-0.05, 0) is 55.3 Å².